The zero-order chi connectivity index (χ0) is 21.6. The van der Waals surface area contributed by atoms with Crippen molar-refractivity contribution >= 4 is 16.9 Å². The van der Waals surface area contributed by atoms with E-state index in [1.54, 1.807) is 10.9 Å². The standard InChI is InChI=1S/C26H25N2O3.BrH/c1-27-19-28(25(29)22-15-8-9-16-23(22)27)17-10-18-31-26(30)24(20-11-4-2-5-12-20)21-13-6-3-7-14-21;/h2-9,11-16,19,24H,10,17-18H2,1H3;1H/q+1;/p-1. The molecule has 4 aromatic rings. The summed E-state index contributed by atoms with van der Waals surface area (Å²) in [6, 6.07) is 26.8. The molecule has 1 heterocycles. The van der Waals surface area contributed by atoms with Gasteiger partial charge in [-0.3, -0.25) is 4.79 Å². The fraction of sp³-hybridized carbons (Fsp3) is 0.192. The summed E-state index contributed by atoms with van der Waals surface area (Å²) in [6.45, 7) is 0.726. The highest BCUT2D eigenvalue weighted by Crippen LogP contribution is 2.26. The second-order valence-corrected chi connectivity index (χ2v) is 7.52. The second-order valence-electron chi connectivity index (χ2n) is 7.52. The molecule has 164 valence electrons. The number of nitrogens with zero attached hydrogens (tertiary/aromatic N) is 2. The van der Waals surface area contributed by atoms with Crippen LogP contribution in [0.5, 0.6) is 0 Å². The van der Waals surface area contributed by atoms with Crippen molar-refractivity contribution in [3.05, 3.63) is 113 Å². The van der Waals surface area contributed by atoms with Gasteiger partial charge in [-0.05, 0) is 23.3 Å². The Kier molecular flexibility index (Phi) is 7.95. The number of carbonyl (C=O) groups is 1. The molecular weight excluding hydrogens is 468 g/mol. The smallest absolute Gasteiger partial charge is 0.345 e. The number of rotatable bonds is 7. The molecule has 0 radical (unpaired) electrons. The number of halogens is 1. The maximum absolute atomic E-state index is 13.0. The molecule has 32 heavy (non-hydrogen) atoms. The van der Waals surface area contributed by atoms with E-state index in [0.717, 1.165) is 16.6 Å². The van der Waals surface area contributed by atoms with Crippen molar-refractivity contribution in [3.63, 3.8) is 0 Å². The Morgan fingerprint density at radius 1 is 0.906 bits per heavy atom. The topological polar surface area (TPSA) is 52.2 Å². The fourth-order valence-electron chi connectivity index (χ4n) is 3.85. The predicted molar refractivity (Wildman–Crippen MR) is 120 cm³/mol. The maximum Gasteiger partial charge on any atom is 0.345 e. The molecule has 3 aromatic carbocycles. The Hall–Kier alpha value is -3.25. The molecule has 0 N–H and O–H groups in total. The summed E-state index contributed by atoms with van der Waals surface area (Å²) in [6.07, 6.45) is 2.35. The summed E-state index contributed by atoms with van der Waals surface area (Å²) in [4.78, 5) is 25.7. The number of ether oxygens (including phenoxy) is 1. The Balaban J connectivity index is 0.00000289. The SMILES string of the molecule is C[n+]1cn(CCCOC(=O)C(c2ccccc2)c2ccccc2)c(=O)c2ccccc21.[Br-]. The van der Waals surface area contributed by atoms with Crippen molar-refractivity contribution in [2.45, 2.75) is 18.9 Å². The lowest BCUT2D eigenvalue weighted by Gasteiger charge is -2.17. The van der Waals surface area contributed by atoms with Crippen LogP contribution in [-0.2, 0) is 23.1 Å². The molecule has 0 saturated carbocycles. The minimum atomic E-state index is -0.469. The van der Waals surface area contributed by atoms with E-state index in [0.29, 0.717) is 18.4 Å². The number of para-hydroxylation sites is 1. The van der Waals surface area contributed by atoms with Gasteiger partial charge in [0.25, 0.3) is 0 Å². The van der Waals surface area contributed by atoms with E-state index in [4.69, 9.17) is 4.74 Å². The van der Waals surface area contributed by atoms with Crippen LogP contribution in [0.15, 0.2) is 96.1 Å². The van der Waals surface area contributed by atoms with E-state index in [-0.39, 0.29) is 35.1 Å². The summed E-state index contributed by atoms with van der Waals surface area (Å²) in [5, 5.41) is 0.678. The van der Waals surface area contributed by atoms with Gasteiger partial charge in [-0.2, -0.15) is 4.57 Å². The van der Waals surface area contributed by atoms with Crippen molar-refractivity contribution in [1.29, 1.82) is 0 Å². The number of fused-ring (bicyclic) bond motifs is 1. The van der Waals surface area contributed by atoms with Gasteiger partial charge in [-0.25, -0.2) is 9.36 Å². The summed E-state index contributed by atoms with van der Waals surface area (Å²) >= 11 is 0. The monoisotopic (exact) mass is 492 g/mol. The average Bonchev–Trinajstić information content (AvgIpc) is 2.81. The molecule has 4 rings (SSSR count). The molecular formula is C26H25BrN2O3. The molecule has 0 aliphatic rings. The molecule has 0 amide bonds. The number of hydrogen-bond acceptors (Lipinski definition) is 3. The largest absolute Gasteiger partial charge is 1.00 e. The van der Waals surface area contributed by atoms with Crippen LogP contribution in [0.1, 0.15) is 23.5 Å². The van der Waals surface area contributed by atoms with Gasteiger partial charge in [0.2, 0.25) is 6.33 Å². The van der Waals surface area contributed by atoms with Crippen LogP contribution in [-0.4, -0.2) is 17.1 Å². The van der Waals surface area contributed by atoms with E-state index in [2.05, 4.69) is 0 Å². The molecule has 0 fully saturated rings. The summed E-state index contributed by atoms with van der Waals surface area (Å²) in [7, 11) is 1.92. The molecule has 0 aliphatic heterocycles. The molecule has 0 aliphatic carbocycles. The van der Waals surface area contributed by atoms with Crippen molar-refractivity contribution in [2.24, 2.45) is 7.05 Å². The van der Waals surface area contributed by atoms with Crippen LogP contribution in [0, 0.1) is 0 Å². The average molecular weight is 493 g/mol. The van der Waals surface area contributed by atoms with Gasteiger partial charge >= 0.3 is 11.5 Å². The van der Waals surface area contributed by atoms with Gasteiger partial charge in [-0.15, -0.1) is 0 Å². The van der Waals surface area contributed by atoms with Gasteiger partial charge in [-0.1, -0.05) is 72.8 Å². The van der Waals surface area contributed by atoms with E-state index in [9.17, 15) is 9.59 Å². The molecule has 0 unspecified atom stereocenters. The third-order valence-corrected chi connectivity index (χ3v) is 5.38. The van der Waals surface area contributed by atoms with Gasteiger partial charge in [0.05, 0.1) is 20.2 Å². The lowest BCUT2D eigenvalue weighted by atomic mass is 9.91. The Bertz CT molecular complexity index is 1200. The van der Waals surface area contributed by atoms with E-state index >= 15 is 0 Å². The van der Waals surface area contributed by atoms with Crippen LogP contribution in [0.4, 0.5) is 0 Å². The lowest BCUT2D eigenvalue weighted by molar-refractivity contribution is -0.649. The first-order valence-electron chi connectivity index (χ1n) is 10.4. The first-order valence-corrected chi connectivity index (χ1v) is 10.4. The van der Waals surface area contributed by atoms with E-state index in [1.807, 2.05) is 96.5 Å². The molecule has 5 nitrogen and oxygen atoms in total. The lowest BCUT2D eigenvalue weighted by Crippen LogP contribution is -3.00. The van der Waals surface area contributed by atoms with Crippen LogP contribution in [0.2, 0.25) is 0 Å². The minimum absolute atomic E-state index is 0. The predicted octanol–water partition coefficient (Wildman–Crippen LogP) is 0.595. The molecule has 0 spiro atoms. The number of carbonyl (C=O) groups excluding carboxylic acids is 1. The number of benzene rings is 3. The first kappa shape index (κ1) is 23.4. The van der Waals surface area contributed by atoms with Crippen LogP contribution >= 0.6 is 0 Å². The van der Waals surface area contributed by atoms with Crippen molar-refractivity contribution in [2.75, 3.05) is 6.61 Å². The quantitative estimate of drug-likeness (QED) is 0.215. The highest BCUT2D eigenvalue weighted by Gasteiger charge is 2.24. The second kappa shape index (κ2) is 10.9. The minimum Gasteiger partial charge on any atom is -1.00 e. The number of aryl methyl sites for hydroxylation is 2. The number of esters is 1. The zero-order valence-electron chi connectivity index (χ0n) is 17.9. The Morgan fingerprint density at radius 3 is 2.09 bits per heavy atom. The third-order valence-electron chi connectivity index (χ3n) is 5.38. The van der Waals surface area contributed by atoms with Crippen molar-refractivity contribution in [3.8, 4) is 0 Å². The van der Waals surface area contributed by atoms with Gasteiger partial charge in [0.1, 0.15) is 16.8 Å². The molecule has 1 aromatic heterocycles. The van der Waals surface area contributed by atoms with E-state index in [1.165, 1.54) is 0 Å². The zero-order valence-corrected chi connectivity index (χ0v) is 19.4. The van der Waals surface area contributed by atoms with Gasteiger partial charge < -0.3 is 21.7 Å². The summed E-state index contributed by atoms with van der Waals surface area (Å²) in [5.74, 6) is -0.752. The maximum atomic E-state index is 13.0. The molecule has 0 atom stereocenters. The van der Waals surface area contributed by atoms with E-state index < -0.39 is 5.92 Å². The highest BCUT2D eigenvalue weighted by molar-refractivity contribution is 5.82. The van der Waals surface area contributed by atoms with Crippen LogP contribution in [0.25, 0.3) is 10.9 Å². The fourth-order valence-corrected chi connectivity index (χ4v) is 3.85. The van der Waals surface area contributed by atoms with Crippen molar-refractivity contribution < 1.29 is 31.1 Å². The highest BCUT2D eigenvalue weighted by atomic mass is 79.9. The summed E-state index contributed by atoms with van der Waals surface area (Å²) in [5.41, 5.74) is 2.66. The molecule has 6 heteroatoms. The Morgan fingerprint density at radius 2 is 1.47 bits per heavy atom. The number of aromatic nitrogens is 2. The first-order chi connectivity index (χ1) is 15.1. The number of hydrogen-bond donors (Lipinski definition) is 0. The van der Waals surface area contributed by atoms with Gasteiger partial charge in [0, 0.05) is 6.42 Å². The molecule has 0 saturated heterocycles. The van der Waals surface area contributed by atoms with Crippen molar-refractivity contribution in [1.82, 2.24) is 4.57 Å². The molecule has 0 bridgehead atoms. The van der Waals surface area contributed by atoms with Crippen LogP contribution < -0.4 is 27.1 Å². The van der Waals surface area contributed by atoms with Crippen LogP contribution in [0.3, 0.4) is 0 Å². The Labute approximate surface area is 197 Å². The third kappa shape index (κ3) is 5.14. The van der Waals surface area contributed by atoms with Gasteiger partial charge in [0.15, 0.2) is 0 Å². The summed E-state index contributed by atoms with van der Waals surface area (Å²) < 4.78 is 9.23. The normalized spacial score (nSPS) is 10.7.